The number of nitrogens with one attached hydrogen (secondary N) is 1. The Labute approximate surface area is 184 Å². The van der Waals surface area contributed by atoms with Gasteiger partial charge in [0.2, 0.25) is 5.91 Å². The second kappa shape index (κ2) is 8.99. The molecule has 8 heteroatoms. The van der Waals surface area contributed by atoms with Crippen molar-refractivity contribution in [3.63, 3.8) is 0 Å². The van der Waals surface area contributed by atoms with Crippen LogP contribution in [0.15, 0.2) is 47.4 Å². The van der Waals surface area contributed by atoms with Gasteiger partial charge in [-0.15, -0.1) is 11.8 Å². The molecule has 30 heavy (non-hydrogen) atoms. The molecule has 3 rings (SSSR count). The standard InChI is InChI=1S/C22H22ClN3O3S/c1-22(2,25-21(28)29)10-16-13-30-19-8-5-15(11-24)9-18(19)26(20(16)27)12-14-3-6-17(23)7-4-14/h3-9,16,25H,10,12-13H2,1-2H3,(H,28,29)/t16-/m0/s1. The number of carbonyl (C=O) groups is 2. The van der Waals surface area contributed by atoms with Gasteiger partial charge in [0, 0.05) is 21.2 Å². The maximum absolute atomic E-state index is 13.6. The zero-order chi connectivity index (χ0) is 21.9. The van der Waals surface area contributed by atoms with Gasteiger partial charge in [0.15, 0.2) is 0 Å². The number of anilines is 1. The average molecular weight is 444 g/mol. The predicted octanol–water partition coefficient (Wildman–Crippen LogP) is 4.90. The second-order valence-electron chi connectivity index (χ2n) is 7.87. The Balaban J connectivity index is 1.97. The van der Waals surface area contributed by atoms with E-state index in [1.807, 2.05) is 18.2 Å². The number of halogens is 1. The van der Waals surface area contributed by atoms with E-state index in [-0.39, 0.29) is 11.8 Å². The Bertz CT molecular complexity index is 1000. The number of nitriles is 1. The number of benzene rings is 2. The monoisotopic (exact) mass is 443 g/mol. The number of fused-ring (bicyclic) bond motifs is 1. The fraction of sp³-hybridized carbons (Fsp3) is 0.318. The van der Waals surface area contributed by atoms with Crippen LogP contribution < -0.4 is 10.2 Å². The molecule has 0 spiro atoms. The van der Waals surface area contributed by atoms with Gasteiger partial charge < -0.3 is 15.3 Å². The number of carbonyl (C=O) groups excluding carboxylic acids is 1. The van der Waals surface area contributed by atoms with E-state index < -0.39 is 11.6 Å². The quantitative estimate of drug-likeness (QED) is 0.685. The van der Waals surface area contributed by atoms with Gasteiger partial charge in [-0.25, -0.2) is 4.79 Å². The summed E-state index contributed by atoms with van der Waals surface area (Å²) < 4.78 is 0. The topological polar surface area (TPSA) is 93.4 Å². The summed E-state index contributed by atoms with van der Waals surface area (Å²) in [5.41, 5.74) is 1.34. The van der Waals surface area contributed by atoms with Crippen molar-refractivity contribution < 1.29 is 14.7 Å². The van der Waals surface area contributed by atoms with Crippen LogP contribution in [0, 0.1) is 17.2 Å². The summed E-state index contributed by atoms with van der Waals surface area (Å²) in [6, 6.07) is 14.8. The Hall–Kier alpha value is -2.69. The molecule has 2 aromatic carbocycles. The number of amides is 2. The van der Waals surface area contributed by atoms with Crippen molar-refractivity contribution in [1.29, 1.82) is 5.26 Å². The summed E-state index contributed by atoms with van der Waals surface area (Å²) in [7, 11) is 0. The molecule has 1 atom stereocenters. The first-order valence-corrected chi connectivity index (χ1v) is 10.8. The maximum Gasteiger partial charge on any atom is 0.405 e. The maximum atomic E-state index is 13.6. The van der Waals surface area contributed by atoms with E-state index in [1.54, 1.807) is 54.8 Å². The molecular weight excluding hydrogens is 422 g/mol. The van der Waals surface area contributed by atoms with Crippen molar-refractivity contribution in [3.8, 4) is 6.07 Å². The van der Waals surface area contributed by atoms with Crippen molar-refractivity contribution in [2.75, 3.05) is 10.7 Å². The minimum absolute atomic E-state index is 0.0912. The molecule has 1 aliphatic rings. The smallest absolute Gasteiger partial charge is 0.405 e. The van der Waals surface area contributed by atoms with Crippen LogP contribution in [0.2, 0.25) is 5.02 Å². The molecule has 0 aliphatic carbocycles. The molecule has 156 valence electrons. The summed E-state index contributed by atoms with van der Waals surface area (Å²) in [4.78, 5) is 27.3. The normalized spacial score (nSPS) is 16.4. The zero-order valence-electron chi connectivity index (χ0n) is 16.7. The average Bonchev–Trinajstić information content (AvgIpc) is 2.80. The molecule has 2 amide bonds. The molecular formula is C22H22ClN3O3S. The van der Waals surface area contributed by atoms with Crippen LogP contribution in [0.4, 0.5) is 10.5 Å². The number of hydrogen-bond donors (Lipinski definition) is 2. The highest BCUT2D eigenvalue weighted by Crippen LogP contribution is 2.39. The lowest BCUT2D eigenvalue weighted by Crippen LogP contribution is -2.47. The van der Waals surface area contributed by atoms with Crippen molar-refractivity contribution in [3.05, 3.63) is 58.6 Å². The highest BCUT2D eigenvalue weighted by molar-refractivity contribution is 7.99. The van der Waals surface area contributed by atoms with Gasteiger partial charge in [0.05, 0.1) is 29.8 Å². The van der Waals surface area contributed by atoms with E-state index in [4.69, 9.17) is 16.7 Å². The van der Waals surface area contributed by atoms with Crippen molar-refractivity contribution in [2.24, 2.45) is 5.92 Å². The molecule has 0 saturated heterocycles. The number of carboxylic acid groups (broad SMARTS) is 1. The van der Waals surface area contributed by atoms with Gasteiger partial charge in [-0.3, -0.25) is 4.79 Å². The summed E-state index contributed by atoms with van der Waals surface area (Å²) in [6.07, 6.45) is -0.755. The third-order valence-electron chi connectivity index (χ3n) is 4.89. The van der Waals surface area contributed by atoms with Gasteiger partial charge in [-0.1, -0.05) is 23.7 Å². The SMILES string of the molecule is CC(C)(C[C@H]1CSc2ccc(C#N)cc2N(Cc2ccc(Cl)cc2)C1=O)NC(=O)O. The molecule has 0 bridgehead atoms. The van der Waals surface area contributed by atoms with Crippen molar-refractivity contribution >= 4 is 41.1 Å². The Morgan fingerprint density at radius 1 is 1.33 bits per heavy atom. The summed E-state index contributed by atoms with van der Waals surface area (Å²) in [5.74, 6) is 0.0492. The van der Waals surface area contributed by atoms with Crippen LogP contribution in [-0.2, 0) is 11.3 Å². The Morgan fingerprint density at radius 2 is 2.03 bits per heavy atom. The lowest BCUT2D eigenvalue weighted by molar-refractivity contribution is -0.122. The molecule has 0 unspecified atom stereocenters. The Morgan fingerprint density at radius 3 is 2.67 bits per heavy atom. The fourth-order valence-corrected chi connectivity index (χ4v) is 4.81. The second-order valence-corrected chi connectivity index (χ2v) is 9.37. The lowest BCUT2D eigenvalue weighted by Gasteiger charge is -2.31. The van der Waals surface area contributed by atoms with E-state index >= 15 is 0 Å². The van der Waals surface area contributed by atoms with E-state index in [2.05, 4.69) is 11.4 Å². The highest BCUT2D eigenvalue weighted by Gasteiger charge is 2.35. The molecule has 0 saturated carbocycles. The van der Waals surface area contributed by atoms with Crippen LogP contribution >= 0.6 is 23.4 Å². The molecule has 0 aromatic heterocycles. The summed E-state index contributed by atoms with van der Waals surface area (Å²) in [5, 5.41) is 21.6. The van der Waals surface area contributed by atoms with Crippen LogP contribution in [-0.4, -0.2) is 28.4 Å². The molecule has 1 heterocycles. The van der Waals surface area contributed by atoms with Crippen LogP contribution in [0.25, 0.3) is 0 Å². The van der Waals surface area contributed by atoms with Crippen LogP contribution in [0.5, 0.6) is 0 Å². The van der Waals surface area contributed by atoms with Gasteiger partial charge in [-0.05, 0) is 56.2 Å². The number of thioether (sulfide) groups is 1. The molecule has 2 aromatic rings. The van der Waals surface area contributed by atoms with Crippen molar-refractivity contribution in [2.45, 2.75) is 37.2 Å². The first-order valence-electron chi connectivity index (χ1n) is 9.42. The first kappa shape index (κ1) is 22.0. The molecule has 2 N–H and O–H groups in total. The van der Waals surface area contributed by atoms with Crippen LogP contribution in [0.1, 0.15) is 31.4 Å². The van der Waals surface area contributed by atoms with Gasteiger partial charge >= 0.3 is 6.09 Å². The largest absolute Gasteiger partial charge is 0.465 e. The highest BCUT2D eigenvalue weighted by atomic mass is 35.5. The Kier molecular flexibility index (Phi) is 6.59. The van der Waals surface area contributed by atoms with Gasteiger partial charge in [0.25, 0.3) is 0 Å². The molecule has 0 radical (unpaired) electrons. The third kappa shape index (κ3) is 5.26. The fourth-order valence-electron chi connectivity index (χ4n) is 3.56. The van der Waals surface area contributed by atoms with E-state index in [1.165, 1.54) is 0 Å². The summed E-state index contributed by atoms with van der Waals surface area (Å²) in [6.45, 7) is 3.88. The third-order valence-corrected chi connectivity index (χ3v) is 6.37. The zero-order valence-corrected chi connectivity index (χ0v) is 18.3. The molecule has 0 fully saturated rings. The minimum Gasteiger partial charge on any atom is -0.465 e. The molecule has 1 aliphatic heterocycles. The minimum atomic E-state index is -1.12. The van der Waals surface area contributed by atoms with E-state index in [0.717, 1.165) is 10.5 Å². The van der Waals surface area contributed by atoms with Crippen LogP contribution in [0.3, 0.4) is 0 Å². The van der Waals surface area contributed by atoms with Crippen molar-refractivity contribution in [1.82, 2.24) is 5.32 Å². The van der Waals surface area contributed by atoms with E-state index in [9.17, 15) is 14.9 Å². The lowest BCUT2D eigenvalue weighted by atomic mass is 9.90. The molecule has 6 nitrogen and oxygen atoms in total. The van der Waals surface area contributed by atoms with Gasteiger partial charge in [0.1, 0.15) is 0 Å². The first-order chi connectivity index (χ1) is 14.2. The predicted molar refractivity (Wildman–Crippen MR) is 118 cm³/mol. The van der Waals surface area contributed by atoms with Gasteiger partial charge in [-0.2, -0.15) is 5.26 Å². The number of nitrogens with zero attached hydrogens (tertiary/aromatic N) is 2. The van der Waals surface area contributed by atoms with E-state index in [0.29, 0.717) is 35.0 Å². The summed E-state index contributed by atoms with van der Waals surface area (Å²) >= 11 is 7.54. The number of rotatable bonds is 5. The number of hydrogen-bond acceptors (Lipinski definition) is 4.